The molecule has 4 rings (SSSR count). The van der Waals surface area contributed by atoms with Crippen molar-refractivity contribution in [3.63, 3.8) is 0 Å². The third-order valence-electron chi connectivity index (χ3n) is 5.18. The Balaban J connectivity index is 1.53. The SMILES string of the molecule is Cc1nc2ccccn2c1CC(=O)N[C@@H](c1cnn(C)c1)C1CC(O)C1. The van der Waals surface area contributed by atoms with E-state index in [1.54, 1.807) is 10.9 Å². The summed E-state index contributed by atoms with van der Waals surface area (Å²) in [5.74, 6) is 0.190. The lowest BCUT2D eigenvalue weighted by Gasteiger charge is -2.37. The van der Waals surface area contributed by atoms with Crippen LogP contribution in [0.1, 0.15) is 35.8 Å². The van der Waals surface area contributed by atoms with Gasteiger partial charge in [-0.2, -0.15) is 5.10 Å². The molecule has 1 fully saturated rings. The molecule has 7 nitrogen and oxygen atoms in total. The lowest BCUT2D eigenvalue weighted by atomic mass is 9.75. The molecular formula is C19H23N5O2. The number of hydrogen-bond donors (Lipinski definition) is 2. The van der Waals surface area contributed by atoms with Gasteiger partial charge in [-0.1, -0.05) is 6.07 Å². The standard InChI is InChI=1S/C19H23N5O2/c1-12-16(24-6-4-3-5-17(24)21-12)9-18(26)22-19(13-7-15(25)8-13)14-10-20-23(2)11-14/h3-6,10-11,13,15,19,25H,7-9H2,1-2H3,(H,22,26)/t13?,15?,19-/m1/s1. The second kappa shape index (κ2) is 6.57. The monoisotopic (exact) mass is 353 g/mol. The smallest absolute Gasteiger partial charge is 0.226 e. The van der Waals surface area contributed by atoms with Gasteiger partial charge < -0.3 is 14.8 Å². The first-order valence-corrected chi connectivity index (χ1v) is 8.90. The minimum absolute atomic E-state index is 0.0472. The minimum atomic E-state index is -0.267. The highest BCUT2D eigenvalue weighted by Gasteiger charge is 2.36. The van der Waals surface area contributed by atoms with Crippen LogP contribution >= 0.6 is 0 Å². The van der Waals surface area contributed by atoms with Crippen molar-refractivity contribution in [3.05, 3.63) is 53.7 Å². The molecule has 1 atom stereocenters. The molecule has 3 heterocycles. The van der Waals surface area contributed by atoms with Crippen LogP contribution in [-0.4, -0.2) is 36.3 Å². The van der Waals surface area contributed by atoms with E-state index in [4.69, 9.17) is 0 Å². The molecule has 136 valence electrons. The molecule has 3 aromatic heterocycles. The zero-order valence-electron chi connectivity index (χ0n) is 15.0. The highest BCUT2D eigenvalue weighted by atomic mass is 16.3. The third kappa shape index (κ3) is 3.10. The number of fused-ring (bicyclic) bond motifs is 1. The van der Waals surface area contributed by atoms with Crippen molar-refractivity contribution >= 4 is 11.6 Å². The number of imidazole rings is 1. The van der Waals surface area contributed by atoms with E-state index in [2.05, 4.69) is 15.4 Å². The number of aromatic nitrogens is 4. The van der Waals surface area contributed by atoms with Crippen LogP contribution < -0.4 is 5.32 Å². The first-order valence-electron chi connectivity index (χ1n) is 8.90. The van der Waals surface area contributed by atoms with Crippen molar-refractivity contribution in [1.29, 1.82) is 0 Å². The van der Waals surface area contributed by atoms with E-state index < -0.39 is 0 Å². The molecule has 1 amide bonds. The van der Waals surface area contributed by atoms with Gasteiger partial charge in [0.2, 0.25) is 5.91 Å². The van der Waals surface area contributed by atoms with Crippen LogP contribution in [0.4, 0.5) is 0 Å². The van der Waals surface area contributed by atoms with Crippen molar-refractivity contribution in [2.45, 2.75) is 38.3 Å². The molecule has 7 heteroatoms. The van der Waals surface area contributed by atoms with Crippen molar-refractivity contribution in [2.75, 3.05) is 0 Å². The number of carbonyl (C=O) groups is 1. The van der Waals surface area contributed by atoms with Crippen molar-refractivity contribution < 1.29 is 9.90 Å². The van der Waals surface area contributed by atoms with E-state index in [9.17, 15) is 9.90 Å². The second-order valence-electron chi connectivity index (χ2n) is 7.13. The summed E-state index contributed by atoms with van der Waals surface area (Å²) in [7, 11) is 1.86. The summed E-state index contributed by atoms with van der Waals surface area (Å²) in [6.45, 7) is 1.93. The van der Waals surface area contributed by atoms with Gasteiger partial charge >= 0.3 is 0 Å². The van der Waals surface area contributed by atoms with E-state index in [0.717, 1.165) is 22.6 Å². The van der Waals surface area contributed by atoms with Crippen LogP contribution in [0, 0.1) is 12.8 Å². The van der Waals surface area contributed by atoms with Gasteiger partial charge in [-0.25, -0.2) is 4.98 Å². The third-order valence-corrected chi connectivity index (χ3v) is 5.18. The second-order valence-corrected chi connectivity index (χ2v) is 7.13. The lowest BCUT2D eigenvalue weighted by molar-refractivity contribution is -0.122. The Kier molecular flexibility index (Phi) is 4.24. The molecule has 1 aliphatic carbocycles. The molecule has 0 aliphatic heterocycles. The maximum atomic E-state index is 12.8. The Hall–Kier alpha value is -2.67. The number of carbonyl (C=O) groups excluding carboxylic acids is 1. The number of nitrogens with one attached hydrogen (secondary N) is 1. The van der Waals surface area contributed by atoms with Gasteiger partial charge in [0.25, 0.3) is 0 Å². The summed E-state index contributed by atoms with van der Waals surface area (Å²) in [6, 6.07) is 5.68. The fourth-order valence-electron chi connectivity index (χ4n) is 3.73. The predicted molar refractivity (Wildman–Crippen MR) is 96.5 cm³/mol. The summed E-state index contributed by atoms with van der Waals surface area (Å²) < 4.78 is 3.69. The number of rotatable bonds is 5. The quantitative estimate of drug-likeness (QED) is 0.729. The molecule has 0 saturated heterocycles. The number of amides is 1. The number of nitrogens with zero attached hydrogens (tertiary/aromatic N) is 4. The van der Waals surface area contributed by atoms with Gasteiger partial charge in [0.1, 0.15) is 5.65 Å². The highest BCUT2D eigenvalue weighted by Crippen LogP contribution is 2.38. The van der Waals surface area contributed by atoms with Crippen LogP contribution in [0.5, 0.6) is 0 Å². The van der Waals surface area contributed by atoms with Gasteiger partial charge in [0.05, 0.1) is 36.2 Å². The first-order chi connectivity index (χ1) is 12.5. The van der Waals surface area contributed by atoms with Gasteiger partial charge in [0, 0.05) is 25.0 Å². The van der Waals surface area contributed by atoms with Gasteiger partial charge in [-0.15, -0.1) is 0 Å². The molecule has 0 radical (unpaired) electrons. The zero-order chi connectivity index (χ0) is 18.3. The minimum Gasteiger partial charge on any atom is -0.393 e. The zero-order valence-corrected chi connectivity index (χ0v) is 15.0. The lowest BCUT2D eigenvalue weighted by Crippen LogP contribution is -2.41. The summed E-state index contributed by atoms with van der Waals surface area (Å²) >= 11 is 0. The molecule has 0 aromatic carbocycles. The number of pyridine rings is 1. The Bertz CT molecular complexity index is 938. The highest BCUT2D eigenvalue weighted by molar-refractivity contribution is 5.79. The van der Waals surface area contributed by atoms with Gasteiger partial charge in [0.15, 0.2) is 0 Å². The fourth-order valence-corrected chi connectivity index (χ4v) is 3.73. The Morgan fingerprint density at radius 1 is 1.42 bits per heavy atom. The topological polar surface area (TPSA) is 84.5 Å². The van der Waals surface area contributed by atoms with Crippen LogP contribution in [0.2, 0.25) is 0 Å². The molecule has 0 bridgehead atoms. The van der Waals surface area contributed by atoms with E-state index in [1.165, 1.54) is 0 Å². The average Bonchev–Trinajstić information content (AvgIpc) is 3.14. The number of aliphatic hydroxyl groups is 1. The van der Waals surface area contributed by atoms with E-state index >= 15 is 0 Å². The Morgan fingerprint density at radius 2 is 2.23 bits per heavy atom. The number of aliphatic hydroxyl groups excluding tert-OH is 1. The molecule has 1 aliphatic rings. The maximum Gasteiger partial charge on any atom is 0.226 e. The fraction of sp³-hybridized carbons (Fsp3) is 0.421. The molecule has 0 unspecified atom stereocenters. The first kappa shape index (κ1) is 16.8. The summed E-state index contributed by atoms with van der Waals surface area (Å²) in [5.41, 5.74) is 3.59. The normalized spacial score (nSPS) is 20.7. The Labute approximate surface area is 151 Å². The average molecular weight is 353 g/mol. The largest absolute Gasteiger partial charge is 0.393 e. The van der Waals surface area contributed by atoms with Gasteiger partial charge in [-0.05, 0) is 37.8 Å². The molecular weight excluding hydrogens is 330 g/mol. The van der Waals surface area contributed by atoms with E-state index in [0.29, 0.717) is 12.8 Å². The number of aryl methyl sites for hydroxylation is 2. The predicted octanol–water partition coefficient (Wildman–Crippen LogP) is 1.55. The summed E-state index contributed by atoms with van der Waals surface area (Å²) in [4.78, 5) is 17.3. The van der Waals surface area contributed by atoms with E-state index in [-0.39, 0.29) is 30.4 Å². The van der Waals surface area contributed by atoms with Crippen molar-refractivity contribution in [3.8, 4) is 0 Å². The summed E-state index contributed by atoms with van der Waals surface area (Å²) in [5, 5.41) is 17.0. The van der Waals surface area contributed by atoms with Gasteiger partial charge in [-0.3, -0.25) is 9.48 Å². The molecule has 26 heavy (non-hydrogen) atoms. The Morgan fingerprint density at radius 3 is 2.92 bits per heavy atom. The molecule has 2 N–H and O–H groups in total. The maximum absolute atomic E-state index is 12.8. The number of hydrogen-bond acceptors (Lipinski definition) is 4. The molecule has 0 spiro atoms. The van der Waals surface area contributed by atoms with Crippen LogP contribution in [-0.2, 0) is 18.3 Å². The van der Waals surface area contributed by atoms with Crippen LogP contribution in [0.25, 0.3) is 5.65 Å². The molecule has 1 saturated carbocycles. The van der Waals surface area contributed by atoms with E-state index in [1.807, 2.05) is 49.0 Å². The van der Waals surface area contributed by atoms with Crippen molar-refractivity contribution in [2.24, 2.45) is 13.0 Å². The van der Waals surface area contributed by atoms with Crippen molar-refractivity contribution in [1.82, 2.24) is 24.5 Å². The summed E-state index contributed by atoms with van der Waals surface area (Å²) in [6.07, 6.45) is 7.05. The van der Waals surface area contributed by atoms with Crippen LogP contribution in [0.3, 0.4) is 0 Å². The van der Waals surface area contributed by atoms with Crippen LogP contribution in [0.15, 0.2) is 36.8 Å². The molecule has 3 aromatic rings.